The van der Waals surface area contributed by atoms with Crippen molar-refractivity contribution in [2.75, 3.05) is 23.3 Å². The van der Waals surface area contributed by atoms with Crippen LogP contribution in [0, 0.1) is 5.92 Å². The molecule has 0 aliphatic carbocycles. The van der Waals surface area contributed by atoms with Gasteiger partial charge in [0.25, 0.3) is 0 Å². The normalized spacial score (nSPS) is 16.5. The lowest BCUT2D eigenvalue weighted by Gasteiger charge is -2.17. The molecular weight excluding hydrogens is 414 g/mol. The van der Waals surface area contributed by atoms with E-state index in [1.165, 1.54) is 17.7 Å². The Morgan fingerprint density at radius 1 is 1.06 bits per heavy atom. The van der Waals surface area contributed by atoms with Gasteiger partial charge in [0.15, 0.2) is 0 Å². The number of carbonyl (C=O) groups is 2. The molecule has 1 saturated heterocycles. The van der Waals surface area contributed by atoms with Crippen molar-refractivity contribution in [1.82, 2.24) is 4.72 Å². The fourth-order valence-electron chi connectivity index (χ4n) is 3.47. The van der Waals surface area contributed by atoms with E-state index in [4.69, 9.17) is 0 Å². The number of sulfonamides is 1. The maximum Gasteiger partial charge on any atom is 0.240 e. The summed E-state index contributed by atoms with van der Waals surface area (Å²) in [4.78, 5) is 26.9. The quantitative estimate of drug-likeness (QED) is 0.581. The third-order valence-corrected chi connectivity index (χ3v) is 6.88. The summed E-state index contributed by atoms with van der Waals surface area (Å²) in [5.74, 6) is -0.792. The maximum atomic E-state index is 12.7. The molecule has 7 nitrogen and oxygen atoms in total. The van der Waals surface area contributed by atoms with Gasteiger partial charge in [0, 0.05) is 30.9 Å². The SMILES string of the molecule is CCCCNS(=O)(=O)c1ccc(NC(=O)C2CC(=O)N(c3ccc(CC)cc3)C2)cc1. The summed E-state index contributed by atoms with van der Waals surface area (Å²) in [6.45, 7) is 4.78. The summed E-state index contributed by atoms with van der Waals surface area (Å²) < 4.78 is 27.1. The highest BCUT2D eigenvalue weighted by atomic mass is 32.2. The zero-order valence-corrected chi connectivity index (χ0v) is 18.7. The van der Waals surface area contributed by atoms with Crippen LogP contribution in [0.4, 0.5) is 11.4 Å². The fourth-order valence-corrected chi connectivity index (χ4v) is 4.55. The zero-order chi connectivity index (χ0) is 22.4. The molecule has 3 rings (SSSR count). The van der Waals surface area contributed by atoms with Gasteiger partial charge in [-0.2, -0.15) is 0 Å². The molecule has 2 aromatic carbocycles. The maximum absolute atomic E-state index is 12.7. The van der Waals surface area contributed by atoms with Crippen LogP contribution in [-0.4, -0.2) is 33.3 Å². The van der Waals surface area contributed by atoms with Crippen LogP contribution in [0.2, 0.25) is 0 Å². The number of amides is 2. The summed E-state index contributed by atoms with van der Waals surface area (Å²) in [6.07, 6.45) is 2.75. The smallest absolute Gasteiger partial charge is 0.240 e. The number of nitrogens with one attached hydrogen (secondary N) is 2. The second-order valence-electron chi connectivity index (χ2n) is 7.69. The van der Waals surface area contributed by atoms with Crippen molar-refractivity contribution < 1.29 is 18.0 Å². The Kier molecular flexibility index (Phi) is 7.46. The molecule has 1 atom stereocenters. The van der Waals surface area contributed by atoms with Crippen molar-refractivity contribution in [3.05, 3.63) is 54.1 Å². The van der Waals surface area contributed by atoms with Gasteiger partial charge in [-0.15, -0.1) is 0 Å². The monoisotopic (exact) mass is 443 g/mol. The highest BCUT2D eigenvalue weighted by Gasteiger charge is 2.35. The highest BCUT2D eigenvalue weighted by Crippen LogP contribution is 2.26. The van der Waals surface area contributed by atoms with Gasteiger partial charge in [0.05, 0.1) is 10.8 Å². The molecule has 0 radical (unpaired) electrons. The van der Waals surface area contributed by atoms with Crippen LogP contribution in [-0.2, 0) is 26.0 Å². The Balaban J connectivity index is 1.60. The molecule has 1 aliphatic heterocycles. The molecular formula is C23H29N3O4S. The van der Waals surface area contributed by atoms with Gasteiger partial charge in [0.1, 0.15) is 0 Å². The summed E-state index contributed by atoms with van der Waals surface area (Å²) in [5, 5.41) is 2.79. The molecule has 0 bridgehead atoms. The third kappa shape index (κ3) is 5.71. The topological polar surface area (TPSA) is 95.6 Å². The van der Waals surface area contributed by atoms with Crippen molar-refractivity contribution in [2.45, 2.75) is 44.4 Å². The van der Waals surface area contributed by atoms with E-state index in [1.54, 1.807) is 17.0 Å². The number of aryl methyl sites for hydroxylation is 1. The lowest BCUT2D eigenvalue weighted by atomic mass is 10.1. The number of hydrogen-bond acceptors (Lipinski definition) is 4. The van der Waals surface area contributed by atoms with E-state index in [9.17, 15) is 18.0 Å². The molecule has 2 amide bonds. The molecule has 2 N–H and O–H groups in total. The summed E-state index contributed by atoms with van der Waals surface area (Å²) >= 11 is 0. The number of hydrogen-bond donors (Lipinski definition) is 2. The lowest BCUT2D eigenvalue weighted by Crippen LogP contribution is -2.28. The first-order chi connectivity index (χ1) is 14.8. The molecule has 2 aromatic rings. The summed E-state index contributed by atoms with van der Waals surface area (Å²) in [7, 11) is -3.56. The van der Waals surface area contributed by atoms with Gasteiger partial charge in [-0.05, 0) is 54.8 Å². The van der Waals surface area contributed by atoms with E-state index in [-0.39, 0.29) is 23.1 Å². The van der Waals surface area contributed by atoms with E-state index in [1.807, 2.05) is 31.2 Å². The second kappa shape index (κ2) is 10.1. The van der Waals surface area contributed by atoms with Crippen molar-refractivity contribution in [3.8, 4) is 0 Å². The molecule has 1 aliphatic rings. The first kappa shape index (κ1) is 23.0. The van der Waals surface area contributed by atoms with Crippen LogP contribution in [0.5, 0.6) is 0 Å². The Morgan fingerprint density at radius 2 is 1.74 bits per heavy atom. The van der Waals surface area contributed by atoms with Gasteiger partial charge in [0.2, 0.25) is 21.8 Å². The third-order valence-electron chi connectivity index (χ3n) is 5.41. The minimum absolute atomic E-state index is 0.0796. The Morgan fingerprint density at radius 3 is 2.35 bits per heavy atom. The Bertz CT molecular complexity index is 1020. The Labute approximate surface area is 183 Å². The van der Waals surface area contributed by atoms with Crippen LogP contribution in [0.25, 0.3) is 0 Å². The molecule has 1 fully saturated rings. The van der Waals surface area contributed by atoms with Crippen LogP contribution in [0.3, 0.4) is 0 Å². The largest absolute Gasteiger partial charge is 0.326 e. The average Bonchev–Trinajstić information content (AvgIpc) is 3.16. The van der Waals surface area contributed by atoms with E-state index in [0.717, 1.165) is 24.9 Å². The first-order valence-electron chi connectivity index (χ1n) is 10.6. The predicted molar refractivity (Wildman–Crippen MR) is 121 cm³/mol. The van der Waals surface area contributed by atoms with Gasteiger partial charge in [-0.25, -0.2) is 13.1 Å². The summed E-state index contributed by atoms with van der Waals surface area (Å²) in [5.41, 5.74) is 2.48. The standard InChI is InChI=1S/C23H29N3O4S/c1-3-5-14-24-31(29,30)21-12-8-19(9-13-21)25-23(28)18-15-22(27)26(16-18)20-10-6-17(4-2)7-11-20/h6-13,18,24H,3-5,14-16H2,1-2H3,(H,25,28). The molecule has 8 heteroatoms. The van der Waals surface area contributed by atoms with Crippen molar-refractivity contribution in [1.29, 1.82) is 0 Å². The van der Waals surface area contributed by atoms with E-state index in [0.29, 0.717) is 18.8 Å². The summed E-state index contributed by atoms with van der Waals surface area (Å²) in [6, 6.07) is 13.8. The molecule has 31 heavy (non-hydrogen) atoms. The number of unbranched alkanes of at least 4 members (excludes halogenated alkanes) is 1. The molecule has 0 aromatic heterocycles. The van der Waals surface area contributed by atoms with Crippen LogP contribution in [0.1, 0.15) is 38.7 Å². The number of nitrogens with zero attached hydrogens (tertiary/aromatic N) is 1. The van der Waals surface area contributed by atoms with E-state index >= 15 is 0 Å². The van der Waals surface area contributed by atoms with Crippen LogP contribution >= 0.6 is 0 Å². The second-order valence-corrected chi connectivity index (χ2v) is 9.46. The van der Waals surface area contributed by atoms with E-state index in [2.05, 4.69) is 17.0 Å². The van der Waals surface area contributed by atoms with Gasteiger partial charge >= 0.3 is 0 Å². The van der Waals surface area contributed by atoms with Crippen LogP contribution in [0.15, 0.2) is 53.4 Å². The molecule has 0 saturated carbocycles. The number of rotatable bonds is 9. The first-order valence-corrected chi connectivity index (χ1v) is 12.1. The minimum atomic E-state index is -3.56. The van der Waals surface area contributed by atoms with E-state index < -0.39 is 15.9 Å². The minimum Gasteiger partial charge on any atom is -0.326 e. The van der Waals surface area contributed by atoms with Gasteiger partial charge in [-0.3, -0.25) is 9.59 Å². The van der Waals surface area contributed by atoms with Gasteiger partial charge in [-0.1, -0.05) is 32.4 Å². The van der Waals surface area contributed by atoms with Crippen molar-refractivity contribution in [3.63, 3.8) is 0 Å². The highest BCUT2D eigenvalue weighted by molar-refractivity contribution is 7.89. The van der Waals surface area contributed by atoms with Crippen LogP contribution < -0.4 is 14.9 Å². The predicted octanol–water partition coefficient (Wildman–Crippen LogP) is 3.32. The number of anilines is 2. The van der Waals surface area contributed by atoms with Crippen molar-refractivity contribution >= 4 is 33.2 Å². The Hall–Kier alpha value is -2.71. The number of benzene rings is 2. The zero-order valence-electron chi connectivity index (χ0n) is 17.9. The molecule has 0 spiro atoms. The molecule has 1 heterocycles. The number of carbonyl (C=O) groups excluding carboxylic acids is 2. The van der Waals surface area contributed by atoms with Gasteiger partial charge < -0.3 is 10.2 Å². The average molecular weight is 444 g/mol. The lowest BCUT2D eigenvalue weighted by molar-refractivity contribution is -0.122. The fraction of sp³-hybridized carbons (Fsp3) is 0.391. The van der Waals surface area contributed by atoms with Crippen molar-refractivity contribution in [2.24, 2.45) is 5.92 Å². The molecule has 1 unspecified atom stereocenters. The molecule has 166 valence electrons.